The van der Waals surface area contributed by atoms with Crippen LogP contribution in [0.5, 0.6) is 5.75 Å². The van der Waals surface area contributed by atoms with Crippen molar-refractivity contribution in [3.05, 3.63) is 81.6 Å². The van der Waals surface area contributed by atoms with Gasteiger partial charge in [-0.25, -0.2) is 0 Å². The number of aromatic amines is 1. The molecule has 0 fully saturated rings. The molecule has 2 aromatic carbocycles. The minimum Gasteiger partial charge on any atom is -0.508 e. The SMILES string of the molecule is Nc1ccc(Cc2ccc(Cc3ccc(O)cc3)[nH]2)cc1Br. The molecule has 4 N–H and O–H groups in total. The van der Waals surface area contributed by atoms with Gasteiger partial charge in [0.2, 0.25) is 0 Å². The van der Waals surface area contributed by atoms with E-state index in [1.807, 2.05) is 24.3 Å². The highest BCUT2D eigenvalue weighted by atomic mass is 79.9. The number of aromatic nitrogens is 1. The molecule has 3 nitrogen and oxygen atoms in total. The summed E-state index contributed by atoms with van der Waals surface area (Å²) in [5.74, 6) is 0.296. The smallest absolute Gasteiger partial charge is 0.115 e. The Kier molecular flexibility index (Phi) is 4.20. The lowest BCUT2D eigenvalue weighted by atomic mass is 10.1. The molecular formula is C18H17BrN2O. The summed E-state index contributed by atoms with van der Waals surface area (Å²) in [4.78, 5) is 3.45. The summed E-state index contributed by atoms with van der Waals surface area (Å²) in [7, 11) is 0. The molecule has 0 aliphatic rings. The molecule has 4 heteroatoms. The van der Waals surface area contributed by atoms with Crippen LogP contribution in [0.2, 0.25) is 0 Å². The number of nitrogens with one attached hydrogen (secondary N) is 1. The van der Waals surface area contributed by atoms with Crippen molar-refractivity contribution in [1.82, 2.24) is 4.98 Å². The van der Waals surface area contributed by atoms with E-state index in [0.717, 1.165) is 28.7 Å². The zero-order chi connectivity index (χ0) is 15.5. The monoisotopic (exact) mass is 356 g/mol. The zero-order valence-corrected chi connectivity index (χ0v) is 13.6. The molecule has 0 atom stereocenters. The number of aromatic hydroxyl groups is 1. The predicted molar refractivity (Wildman–Crippen MR) is 93.1 cm³/mol. The number of nitrogens with two attached hydrogens (primary N) is 1. The van der Waals surface area contributed by atoms with E-state index < -0.39 is 0 Å². The molecule has 0 aliphatic heterocycles. The average Bonchev–Trinajstić information content (AvgIpc) is 2.93. The third-order valence-corrected chi connectivity index (χ3v) is 4.28. The maximum absolute atomic E-state index is 9.31. The quantitative estimate of drug-likeness (QED) is 0.612. The molecule has 0 bridgehead atoms. The second kappa shape index (κ2) is 6.28. The predicted octanol–water partition coefficient (Wildman–Crippen LogP) is 4.25. The van der Waals surface area contributed by atoms with Crippen molar-refractivity contribution in [2.75, 3.05) is 5.73 Å². The van der Waals surface area contributed by atoms with Gasteiger partial charge in [-0.15, -0.1) is 0 Å². The van der Waals surface area contributed by atoms with E-state index in [4.69, 9.17) is 5.73 Å². The molecule has 1 heterocycles. The van der Waals surface area contributed by atoms with Gasteiger partial charge in [0.05, 0.1) is 0 Å². The van der Waals surface area contributed by atoms with E-state index in [9.17, 15) is 5.11 Å². The van der Waals surface area contributed by atoms with Crippen LogP contribution in [0.3, 0.4) is 0 Å². The number of hydrogen-bond donors (Lipinski definition) is 3. The van der Waals surface area contributed by atoms with Gasteiger partial charge in [-0.1, -0.05) is 18.2 Å². The van der Waals surface area contributed by atoms with Crippen LogP contribution in [-0.2, 0) is 12.8 Å². The maximum atomic E-state index is 9.31. The third kappa shape index (κ3) is 3.52. The molecule has 0 radical (unpaired) electrons. The summed E-state index contributed by atoms with van der Waals surface area (Å²) in [6.45, 7) is 0. The summed E-state index contributed by atoms with van der Waals surface area (Å²) in [5, 5.41) is 9.31. The first-order valence-electron chi connectivity index (χ1n) is 7.09. The minimum absolute atomic E-state index is 0.296. The highest BCUT2D eigenvalue weighted by Crippen LogP contribution is 2.22. The van der Waals surface area contributed by atoms with Gasteiger partial charge >= 0.3 is 0 Å². The Hall–Kier alpha value is -2.20. The van der Waals surface area contributed by atoms with Crippen molar-refractivity contribution in [1.29, 1.82) is 0 Å². The fourth-order valence-electron chi connectivity index (χ4n) is 2.43. The Morgan fingerprint density at radius 1 is 0.864 bits per heavy atom. The highest BCUT2D eigenvalue weighted by molar-refractivity contribution is 9.10. The number of benzene rings is 2. The van der Waals surface area contributed by atoms with Gasteiger partial charge in [0.15, 0.2) is 0 Å². The van der Waals surface area contributed by atoms with E-state index in [-0.39, 0.29) is 0 Å². The van der Waals surface area contributed by atoms with Gasteiger partial charge in [0, 0.05) is 34.4 Å². The van der Waals surface area contributed by atoms with Crippen LogP contribution in [0.4, 0.5) is 5.69 Å². The van der Waals surface area contributed by atoms with Crippen LogP contribution in [0.25, 0.3) is 0 Å². The number of H-pyrrole nitrogens is 1. The number of halogens is 1. The highest BCUT2D eigenvalue weighted by Gasteiger charge is 2.04. The lowest BCUT2D eigenvalue weighted by Gasteiger charge is -2.03. The topological polar surface area (TPSA) is 62.0 Å². The molecule has 3 rings (SSSR count). The van der Waals surface area contributed by atoms with E-state index in [1.54, 1.807) is 12.1 Å². The van der Waals surface area contributed by atoms with Gasteiger partial charge < -0.3 is 15.8 Å². The van der Waals surface area contributed by atoms with Crippen molar-refractivity contribution in [2.24, 2.45) is 0 Å². The maximum Gasteiger partial charge on any atom is 0.115 e. The van der Waals surface area contributed by atoms with E-state index in [0.29, 0.717) is 5.75 Å². The van der Waals surface area contributed by atoms with Crippen molar-refractivity contribution < 1.29 is 5.11 Å². The molecule has 0 spiro atoms. The Labute approximate surface area is 137 Å². The fraction of sp³-hybridized carbons (Fsp3) is 0.111. The second-order valence-corrected chi connectivity index (χ2v) is 6.24. The van der Waals surface area contributed by atoms with Crippen molar-refractivity contribution in [3.63, 3.8) is 0 Å². The molecule has 0 unspecified atom stereocenters. The van der Waals surface area contributed by atoms with E-state index in [1.165, 1.54) is 16.8 Å². The van der Waals surface area contributed by atoms with E-state index in [2.05, 4.69) is 39.1 Å². The molecular weight excluding hydrogens is 340 g/mol. The summed E-state index contributed by atoms with van der Waals surface area (Å²) in [6.07, 6.45) is 1.67. The van der Waals surface area contributed by atoms with Crippen LogP contribution >= 0.6 is 15.9 Å². The number of rotatable bonds is 4. The second-order valence-electron chi connectivity index (χ2n) is 5.38. The van der Waals surface area contributed by atoms with Crippen LogP contribution in [0.1, 0.15) is 22.5 Å². The number of anilines is 1. The van der Waals surface area contributed by atoms with Gasteiger partial charge in [0.1, 0.15) is 5.75 Å². The first-order valence-corrected chi connectivity index (χ1v) is 7.88. The van der Waals surface area contributed by atoms with Crippen LogP contribution in [0.15, 0.2) is 59.1 Å². The average molecular weight is 357 g/mol. The zero-order valence-electron chi connectivity index (χ0n) is 12.0. The van der Waals surface area contributed by atoms with Crippen LogP contribution in [0, 0.1) is 0 Å². The molecule has 0 amide bonds. The van der Waals surface area contributed by atoms with Gasteiger partial charge in [0.25, 0.3) is 0 Å². The van der Waals surface area contributed by atoms with Crippen molar-refractivity contribution >= 4 is 21.6 Å². The van der Waals surface area contributed by atoms with Crippen molar-refractivity contribution in [2.45, 2.75) is 12.8 Å². The lowest BCUT2D eigenvalue weighted by molar-refractivity contribution is 0.475. The third-order valence-electron chi connectivity index (χ3n) is 3.60. The first kappa shape index (κ1) is 14.7. The number of hydrogen-bond acceptors (Lipinski definition) is 2. The standard InChI is InChI=1S/C18H17BrN2O/c19-17-11-13(3-8-18(17)20)10-15-5-4-14(21-15)9-12-1-6-16(22)7-2-12/h1-8,11,21-22H,9-10,20H2. The fourth-order valence-corrected chi connectivity index (χ4v) is 2.86. The minimum atomic E-state index is 0.296. The summed E-state index contributed by atoms with van der Waals surface area (Å²) in [5.41, 5.74) is 11.3. The van der Waals surface area contributed by atoms with Crippen LogP contribution in [-0.4, -0.2) is 10.1 Å². The van der Waals surface area contributed by atoms with E-state index >= 15 is 0 Å². The summed E-state index contributed by atoms with van der Waals surface area (Å²) >= 11 is 3.46. The molecule has 0 saturated carbocycles. The number of phenolic OH excluding ortho intramolecular Hbond substituents is 1. The Bertz CT molecular complexity index is 778. The Balaban J connectivity index is 1.70. The summed E-state index contributed by atoms with van der Waals surface area (Å²) in [6, 6.07) is 17.5. The molecule has 22 heavy (non-hydrogen) atoms. The molecule has 0 aliphatic carbocycles. The lowest BCUT2D eigenvalue weighted by Crippen LogP contribution is -1.93. The molecule has 112 valence electrons. The number of nitrogen functional groups attached to an aromatic ring is 1. The Morgan fingerprint density at radius 3 is 2.09 bits per heavy atom. The van der Waals surface area contributed by atoms with Crippen molar-refractivity contribution in [3.8, 4) is 5.75 Å². The van der Waals surface area contributed by atoms with Gasteiger partial charge in [-0.05, 0) is 63.5 Å². The van der Waals surface area contributed by atoms with Crippen LogP contribution < -0.4 is 5.73 Å². The van der Waals surface area contributed by atoms with Gasteiger partial charge in [-0.2, -0.15) is 0 Å². The molecule has 3 aromatic rings. The normalized spacial score (nSPS) is 10.8. The Morgan fingerprint density at radius 2 is 1.45 bits per heavy atom. The number of phenols is 1. The molecule has 0 saturated heterocycles. The van der Waals surface area contributed by atoms with Gasteiger partial charge in [-0.3, -0.25) is 0 Å². The summed E-state index contributed by atoms with van der Waals surface area (Å²) < 4.78 is 0.931. The first-order chi connectivity index (χ1) is 10.6. The largest absolute Gasteiger partial charge is 0.508 e. The molecule has 1 aromatic heterocycles.